The molecule has 0 aliphatic carbocycles. The highest BCUT2D eigenvalue weighted by Gasteiger charge is 2.16. The van der Waals surface area contributed by atoms with Gasteiger partial charge >= 0.3 is 0 Å². The van der Waals surface area contributed by atoms with Crippen LogP contribution in [0.3, 0.4) is 0 Å². The van der Waals surface area contributed by atoms with Gasteiger partial charge < -0.3 is 10.2 Å². The van der Waals surface area contributed by atoms with Crippen LogP contribution in [0.15, 0.2) is 77.7 Å². The largest absolute Gasteiger partial charge is 0.378 e. The molecule has 0 spiro atoms. The second-order valence-electron chi connectivity index (χ2n) is 7.02. The molecule has 7 nitrogen and oxygen atoms in total. The summed E-state index contributed by atoms with van der Waals surface area (Å²) in [6, 6.07) is 20.7. The molecule has 1 aromatic heterocycles. The Balaban J connectivity index is 1.54. The van der Waals surface area contributed by atoms with E-state index in [2.05, 4.69) is 15.0 Å². The SMILES string of the molecule is CN(C)c1cccc(C(=O)Nc2ccc3nc(NS(=O)(=O)c4ccccc4)sc3c2)c1. The summed E-state index contributed by atoms with van der Waals surface area (Å²) >= 11 is 1.20. The van der Waals surface area contributed by atoms with E-state index in [4.69, 9.17) is 0 Å². The van der Waals surface area contributed by atoms with Crippen molar-refractivity contribution in [3.8, 4) is 0 Å². The van der Waals surface area contributed by atoms with Crippen LogP contribution in [0.25, 0.3) is 10.2 Å². The molecule has 0 radical (unpaired) electrons. The van der Waals surface area contributed by atoms with Crippen LogP contribution in [0.2, 0.25) is 0 Å². The van der Waals surface area contributed by atoms with E-state index in [9.17, 15) is 13.2 Å². The lowest BCUT2D eigenvalue weighted by atomic mass is 10.1. The number of carbonyl (C=O) groups is 1. The molecule has 0 unspecified atom stereocenters. The fraction of sp³-hybridized carbons (Fsp3) is 0.0909. The van der Waals surface area contributed by atoms with Gasteiger partial charge in [0.25, 0.3) is 15.9 Å². The van der Waals surface area contributed by atoms with Crippen LogP contribution < -0.4 is 14.9 Å². The topological polar surface area (TPSA) is 91.4 Å². The molecular formula is C22H20N4O3S2. The highest BCUT2D eigenvalue weighted by atomic mass is 32.2. The van der Waals surface area contributed by atoms with Crippen LogP contribution in [0.1, 0.15) is 10.4 Å². The van der Waals surface area contributed by atoms with Gasteiger partial charge in [-0.05, 0) is 48.5 Å². The zero-order chi connectivity index (χ0) is 22.0. The Morgan fingerprint density at radius 1 is 0.968 bits per heavy atom. The third kappa shape index (κ3) is 4.68. The standard InChI is InChI=1S/C22H20N4O3S2/c1-26(2)17-8-6-7-15(13-17)21(27)23-16-11-12-19-20(14-16)30-22(24-19)25-31(28,29)18-9-4-3-5-10-18/h3-14H,1-2H3,(H,23,27)(H,24,25). The molecule has 31 heavy (non-hydrogen) atoms. The van der Waals surface area contributed by atoms with Crippen LogP contribution in [-0.4, -0.2) is 33.4 Å². The summed E-state index contributed by atoms with van der Waals surface area (Å²) in [5.41, 5.74) is 2.73. The maximum absolute atomic E-state index is 12.6. The Kier molecular flexibility index (Phi) is 5.62. The normalized spacial score (nSPS) is 11.3. The molecule has 0 aliphatic heterocycles. The Bertz CT molecular complexity index is 1350. The summed E-state index contributed by atoms with van der Waals surface area (Å²) in [7, 11) is 0.117. The molecule has 0 saturated heterocycles. The van der Waals surface area contributed by atoms with E-state index in [1.807, 2.05) is 37.2 Å². The summed E-state index contributed by atoms with van der Waals surface area (Å²) in [6.45, 7) is 0. The maximum Gasteiger partial charge on any atom is 0.263 e. The highest BCUT2D eigenvalue weighted by Crippen LogP contribution is 2.30. The highest BCUT2D eigenvalue weighted by molar-refractivity contribution is 7.93. The van der Waals surface area contributed by atoms with Gasteiger partial charge in [0.2, 0.25) is 0 Å². The molecule has 0 aliphatic rings. The molecule has 0 saturated carbocycles. The number of anilines is 3. The number of benzene rings is 3. The fourth-order valence-corrected chi connectivity index (χ4v) is 5.11. The van der Waals surface area contributed by atoms with Gasteiger partial charge in [0.05, 0.1) is 15.1 Å². The van der Waals surface area contributed by atoms with Crippen molar-refractivity contribution in [1.29, 1.82) is 0 Å². The van der Waals surface area contributed by atoms with Gasteiger partial charge in [0.1, 0.15) is 0 Å². The number of nitrogens with one attached hydrogen (secondary N) is 2. The molecule has 4 rings (SSSR count). The summed E-state index contributed by atoms with van der Waals surface area (Å²) in [6.07, 6.45) is 0. The first-order valence-corrected chi connectivity index (χ1v) is 11.7. The van der Waals surface area contributed by atoms with Crippen LogP contribution in [0.4, 0.5) is 16.5 Å². The first-order valence-electron chi connectivity index (χ1n) is 9.39. The first kappa shape index (κ1) is 20.8. The second-order valence-corrected chi connectivity index (χ2v) is 9.73. The molecule has 4 aromatic rings. The Morgan fingerprint density at radius 2 is 1.74 bits per heavy atom. The summed E-state index contributed by atoms with van der Waals surface area (Å²) in [4.78, 5) is 19.1. The predicted octanol–water partition coefficient (Wildman–Crippen LogP) is 4.42. The monoisotopic (exact) mass is 452 g/mol. The Morgan fingerprint density at radius 3 is 2.48 bits per heavy atom. The average molecular weight is 453 g/mol. The van der Waals surface area contributed by atoms with E-state index >= 15 is 0 Å². The molecule has 1 amide bonds. The number of hydrogen-bond acceptors (Lipinski definition) is 6. The lowest BCUT2D eigenvalue weighted by molar-refractivity contribution is 0.102. The van der Waals surface area contributed by atoms with Crippen molar-refractivity contribution in [2.24, 2.45) is 0 Å². The first-order chi connectivity index (χ1) is 14.8. The zero-order valence-corrected chi connectivity index (χ0v) is 18.5. The lowest BCUT2D eigenvalue weighted by Crippen LogP contribution is -2.14. The van der Waals surface area contributed by atoms with Gasteiger partial charge in [0, 0.05) is 31.0 Å². The molecule has 1 heterocycles. The van der Waals surface area contributed by atoms with E-state index in [0.29, 0.717) is 16.8 Å². The zero-order valence-electron chi connectivity index (χ0n) is 16.9. The van der Waals surface area contributed by atoms with Gasteiger partial charge in [0.15, 0.2) is 5.13 Å². The van der Waals surface area contributed by atoms with Crippen LogP contribution >= 0.6 is 11.3 Å². The van der Waals surface area contributed by atoms with Gasteiger partial charge in [-0.3, -0.25) is 9.52 Å². The second kappa shape index (κ2) is 8.37. The average Bonchev–Trinajstić information content (AvgIpc) is 3.15. The van der Waals surface area contributed by atoms with E-state index in [-0.39, 0.29) is 15.9 Å². The number of fused-ring (bicyclic) bond motifs is 1. The summed E-state index contributed by atoms with van der Waals surface area (Å²) in [5, 5.41) is 3.15. The lowest BCUT2D eigenvalue weighted by Gasteiger charge is -2.13. The van der Waals surface area contributed by atoms with Crippen molar-refractivity contribution in [3.63, 3.8) is 0 Å². The van der Waals surface area contributed by atoms with E-state index in [1.165, 1.54) is 23.5 Å². The Labute approximate surface area is 184 Å². The molecule has 0 bridgehead atoms. The van der Waals surface area contributed by atoms with Gasteiger partial charge in [-0.25, -0.2) is 13.4 Å². The number of sulfonamides is 1. The van der Waals surface area contributed by atoms with Crippen LogP contribution in [-0.2, 0) is 10.0 Å². The molecule has 3 aromatic carbocycles. The maximum atomic E-state index is 12.6. The van der Waals surface area contributed by atoms with Crippen molar-refractivity contribution >= 4 is 54.0 Å². The molecule has 158 valence electrons. The molecule has 2 N–H and O–H groups in total. The van der Waals surface area contributed by atoms with Crippen molar-refractivity contribution in [2.75, 3.05) is 29.0 Å². The summed E-state index contributed by atoms with van der Waals surface area (Å²) < 4.78 is 28.3. The van der Waals surface area contributed by atoms with Crippen molar-refractivity contribution in [1.82, 2.24) is 4.98 Å². The van der Waals surface area contributed by atoms with Crippen molar-refractivity contribution < 1.29 is 13.2 Å². The fourth-order valence-electron chi connectivity index (χ4n) is 2.95. The van der Waals surface area contributed by atoms with E-state index < -0.39 is 10.0 Å². The summed E-state index contributed by atoms with van der Waals surface area (Å²) in [5.74, 6) is -0.224. The van der Waals surface area contributed by atoms with Gasteiger partial charge in [-0.15, -0.1) is 0 Å². The van der Waals surface area contributed by atoms with Crippen molar-refractivity contribution in [2.45, 2.75) is 4.90 Å². The third-order valence-electron chi connectivity index (χ3n) is 4.55. The number of aromatic nitrogens is 1. The minimum Gasteiger partial charge on any atom is -0.378 e. The number of thiazole rings is 1. The molecule has 9 heteroatoms. The molecule has 0 atom stereocenters. The Hall–Kier alpha value is -3.43. The quantitative estimate of drug-likeness (QED) is 0.452. The third-order valence-corrected chi connectivity index (χ3v) is 6.96. The van der Waals surface area contributed by atoms with Crippen molar-refractivity contribution in [3.05, 3.63) is 78.4 Å². The van der Waals surface area contributed by atoms with Gasteiger partial charge in [-0.2, -0.15) is 0 Å². The number of amides is 1. The molecule has 0 fully saturated rings. The number of hydrogen-bond donors (Lipinski definition) is 2. The van der Waals surface area contributed by atoms with E-state index in [0.717, 1.165) is 10.4 Å². The number of rotatable bonds is 6. The van der Waals surface area contributed by atoms with Crippen LogP contribution in [0.5, 0.6) is 0 Å². The predicted molar refractivity (Wildman–Crippen MR) is 126 cm³/mol. The number of nitrogens with zero attached hydrogens (tertiary/aromatic N) is 2. The van der Waals surface area contributed by atoms with Gasteiger partial charge in [-0.1, -0.05) is 35.6 Å². The minimum absolute atomic E-state index is 0.169. The van der Waals surface area contributed by atoms with E-state index in [1.54, 1.807) is 42.5 Å². The molecular weight excluding hydrogens is 432 g/mol. The minimum atomic E-state index is -3.71. The smallest absolute Gasteiger partial charge is 0.263 e. The van der Waals surface area contributed by atoms with Crippen LogP contribution in [0, 0.1) is 0 Å². The number of carbonyl (C=O) groups excluding carboxylic acids is 1.